The Bertz CT molecular complexity index is 1340. The number of carbonyl (C=O) groups excluding carboxylic acids is 1. The normalized spacial score (nSPS) is 15.5. The maximum atomic E-state index is 13.4. The minimum absolute atomic E-state index is 0.0610. The minimum Gasteiger partial charge on any atom is -0.497 e. The summed E-state index contributed by atoms with van der Waals surface area (Å²) in [5, 5.41) is 0. The predicted octanol–water partition coefficient (Wildman–Crippen LogP) is 6.33. The van der Waals surface area contributed by atoms with Crippen LogP contribution in [0.2, 0.25) is 0 Å². The Morgan fingerprint density at radius 1 is 0.919 bits per heavy atom. The van der Waals surface area contributed by atoms with Gasteiger partial charge in [-0.25, -0.2) is 4.99 Å². The SMILES string of the molecule is COc1ccc2c(c1)Oc1cc(C)ccc1N=C2N1CCCN(C(=O)c2ccc(C(C)(C)C)cc2)CC1. The largest absolute Gasteiger partial charge is 0.497 e. The number of nitrogens with zero attached hydrogens (tertiary/aromatic N) is 3. The van der Waals surface area contributed by atoms with Gasteiger partial charge >= 0.3 is 0 Å². The molecular formula is C31H35N3O3. The number of hydrogen-bond donors (Lipinski definition) is 0. The first-order chi connectivity index (χ1) is 17.7. The summed E-state index contributed by atoms with van der Waals surface area (Å²) in [6.45, 7) is 11.4. The molecule has 0 aromatic heterocycles. The van der Waals surface area contributed by atoms with E-state index in [1.807, 2.05) is 60.4 Å². The lowest BCUT2D eigenvalue weighted by atomic mass is 9.86. The predicted molar refractivity (Wildman–Crippen MR) is 148 cm³/mol. The molecule has 3 aromatic rings. The monoisotopic (exact) mass is 497 g/mol. The average molecular weight is 498 g/mol. The maximum absolute atomic E-state index is 13.4. The van der Waals surface area contributed by atoms with Gasteiger partial charge in [0.2, 0.25) is 0 Å². The Kier molecular flexibility index (Phi) is 6.67. The summed E-state index contributed by atoms with van der Waals surface area (Å²) >= 11 is 0. The topological polar surface area (TPSA) is 54.4 Å². The van der Waals surface area contributed by atoms with Crippen LogP contribution in [0, 0.1) is 6.92 Å². The molecule has 0 spiro atoms. The lowest BCUT2D eigenvalue weighted by Gasteiger charge is -2.25. The molecule has 1 amide bonds. The number of methoxy groups -OCH3 is 1. The van der Waals surface area contributed by atoms with E-state index in [0.717, 1.165) is 58.4 Å². The van der Waals surface area contributed by atoms with Crippen molar-refractivity contribution in [3.63, 3.8) is 0 Å². The van der Waals surface area contributed by atoms with Crippen LogP contribution in [0.15, 0.2) is 65.7 Å². The molecule has 2 aliphatic heterocycles. The maximum Gasteiger partial charge on any atom is 0.253 e. The number of rotatable bonds is 2. The molecular weight excluding hydrogens is 462 g/mol. The van der Waals surface area contributed by atoms with Gasteiger partial charge in [-0.1, -0.05) is 39.0 Å². The summed E-state index contributed by atoms with van der Waals surface area (Å²) in [6.07, 6.45) is 0.859. The molecule has 0 unspecified atom stereocenters. The lowest BCUT2D eigenvalue weighted by molar-refractivity contribution is 0.0764. The van der Waals surface area contributed by atoms with Crippen LogP contribution in [0.3, 0.4) is 0 Å². The fourth-order valence-electron chi connectivity index (χ4n) is 4.86. The van der Waals surface area contributed by atoms with E-state index >= 15 is 0 Å². The summed E-state index contributed by atoms with van der Waals surface area (Å²) in [5.41, 5.74) is 4.86. The van der Waals surface area contributed by atoms with Crippen molar-refractivity contribution in [1.29, 1.82) is 0 Å². The second-order valence-corrected chi connectivity index (χ2v) is 10.8. The van der Waals surface area contributed by atoms with Gasteiger partial charge in [0, 0.05) is 37.8 Å². The molecule has 0 aliphatic carbocycles. The summed E-state index contributed by atoms with van der Waals surface area (Å²) in [4.78, 5) is 22.7. The second kappa shape index (κ2) is 9.92. The number of ether oxygens (including phenoxy) is 2. The van der Waals surface area contributed by atoms with Crippen molar-refractivity contribution in [3.05, 3.63) is 82.9 Å². The molecule has 0 N–H and O–H groups in total. The Balaban J connectivity index is 1.41. The number of aliphatic imine (C=N–C) groups is 1. The quantitative estimate of drug-likeness (QED) is 0.415. The van der Waals surface area contributed by atoms with Crippen molar-refractivity contribution in [1.82, 2.24) is 9.80 Å². The lowest BCUT2D eigenvalue weighted by Crippen LogP contribution is -2.37. The number of benzene rings is 3. The first kappa shape index (κ1) is 24.9. The van der Waals surface area contributed by atoms with Gasteiger partial charge in [0.25, 0.3) is 5.91 Å². The van der Waals surface area contributed by atoms with Crippen molar-refractivity contribution >= 4 is 17.4 Å². The standard InChI is InChI=1S/C31H35N3O3/c1-21-7-14-26-28(19-21)37-27-20-24(36-5)12-13-25(27)29(32-26)33-15-6-16-34(18-17-33)30(35)22-8-10-23(11-9-22)31(2,3)4/h7-14,19-20H,6,15-18H2,1-5H3. The molecule has 2 heterocycles. The third kappa shape index (κ3) is 5.19. The van der Waals surface area contributed by atoms with Crippen LogP contribution < -0.4 is 9.47 Å². The Morgan fingerprint density at radius 3 is 2.43 bits per heavy atom. The van der Waals surface area contributed by atoms with Crippen molar-refractivity contribution in [2.24, 2.45) is 4.99 Å². The molecule has 1 fully saturated rings. The van der Waals surface area contributed by atoms with Crippen molar-refractivity contribution in [2.75, 3.05) is 33.3 Å². The zero-order valence-corrected chi connectivity index (χ0v) is 22.4. The van der Waals surface area contributed by atoms with Gasteiger partial charge < -0.3 is 19.3 Å². The first-order valence-electron chi connectivity index (χ1n) is 12.9. The van der Waals surface area contributed by atoms with Gasteiger partial charge in [-0.05, 0) is 66.3 Å². The highest BCUT2D eigenvalue weighted by atomic mass is 16.5. The minimum atomic E-state index is 0.0610. The number of amidine groups is 1. The fraction of sp³-hybridized carbons (Fsp3) is 0.355. The van der Waals surface area contributed by atoms with Crippen LogP contribution in [0.25, 0.3) is 0 Å². The van der Waals surface area contributed by atoms with E-state index in [9.17, 15) is 4.79 Å². The van der Waals surface area contributed by atoms with Crippen LogP contribution >= 0.6 is 0 Å². The number of hydrogen-bond acceptors (Lipinski definition) is 5. The van der Waals surface area contributed by atoms with E-state index in [2.05, 4.69) is 37.8 Å². The molecule has 3 aromatic carbocycles. The van der Waals surface area contributed by atoms with E-state index in [-0.39, 0.29) is 11.3 Å². The molecule has 192 valence electrons. The number of aryl methyl sites for hydroxylation is 1. The first-order valence-corrected chi connectivity index (χ1v) is 12.9. The van der Waals surface area contributed by atoms with Crippen LogP contribution in [0.5, 0.6) is 17.2 Å². The molecule has 2 aliphatic rings. The second-order valence-electron chi connectivity index (χ2n) is 10.8. The van der Waals surface area contributed by atoms with Crippen molar-refractivity contribution in [2.45, 2.75) is 39.5 Å². The highest BCUT2D eigenvalue weighted by Crippen LogP contribution is 2.40. The Labute approximate surface area is 219 Å². The fourth-order valence-corrected chi connectivity index (χ4v) is 4.86. The summed E-state index contributed by atoms with van der Waals surface area (Å²) in [6, 6.07) is 20.0. The van der Waals surface area contributed by atoms with Gasteiger partial charge in [-0.15, -0.1) is 0 Å². The van der Waals surface area contributed by atoms with Gasteiger partial charge in [-0.2, -0.15) is 0 Å². The zero-order chi connectivity index (χ0) is 26.2. The van der Waals surface area contributed by atoms with Crippen molar-refractivity contribution in [3.8, 4) is 17.2 Å². The zero-order valence-electron chi connectivity index (χ0n) is 22.4. The van der Waals surface area contributed by atoms with E-state index < -0.39 is 0 Å². The average Bonchev–Trinajstić information content (AvgIpc) is 3.22. The molecule has 0 atom stereocenters. The summed E-state index contributed by atoms with van der Waals surface area (Å²) in [7, 11) is 1.66. The summed E-state index contributed by atoms with van der Waals surface area (Å²) < 4.78 is 11.8. The third-order valence-corrected chi connectivity index (χ3v) is 7.07. The number of amides is 1. The van der Waals surface area contributed by atoms with Crippen LogP contribution in [-0.4, -0.2) is 54.8 Å². The van der Waals surface area contributed by atoms with E-state index in [0.29, 0.717) is 19.6 Å². The Hall–Kier alpha value is -3.80. The van der Waals surface area contributed by atoms with Gasteiger partial charge in [0.05, 0.1) is 12.7 Å². The molecule has 1 saturated heterocycles. The number of fused-ring (bicyclic) bond motifs is 2. The molecule has 37 heavy (non-hydrogen) atoms. The van der Waals surface area contributed by atoms with Crippen molar-refractivity contribution < 1.29 is 14.3 Å². The highest BCUT2D eigenvalue weighted by Gasteiger charge is 2.27. The highest BCUT2D eigenvalue weighted by molar-refractivity contribution is 6.04. The van der Waals surface area contributed by atoms with Gasteiger partial charge in [-0.3, -0.25) is 4.79 Å². The van der Waals surface area contributed by atoms with Crippen LogP contribution in [-0.2, 0) is 5.41 Å². The Morgan fingerprint density at radius 2 is 1.70 bits per heavy atom. The van der Waals surface area contributed by atoms with Gasteiger partial charge in [0.15, 0.2) is 5.75 Å². The molecule has 0 saturated carbocycles. The van der Waals surface area contributed by atoms with Crippen LogP contribution in [0.1, 0.15) is 54.2 Å². The smallest absolute Gasteiger partial charge is 0.253 e. The molecule has 0 radical (unpaired) electrons. The van der Waals surface area contributed by atoms with Crippen LogP contribution in [0.4, 0.5) is 5.69 Å². The molecule has 5 rings (SSSR count). The molecule has 6 nitrogen and oxygen atoms in total. The number of carbonyl (C=O) groups is 1. The molecule has 6 heteroatoms. The van der Waals surface area contributed by atoms with Gasteiger partial charge in [0.1, 0.15) is 23.0 Å². The summed E-state index contributed by atoms with van der Waals surface area (Å²) in [5.74, 6) is 3.14. The van der Waals surface area contributed by atoms with E-state index in [1.165, 1.54) is 5.56 Å². The molecule has 0 bridgehead atoms. The van der Waals surface area contributed by atoms with E-state index in [4.69, 9.17) is 14.5 Å². The third-order valence-electron chi connectivity index (χ3n) is 7.07. The van der Waals surface area contributed by atoms with E-state index in [1.54, 1.807) is 7.11 Å².